The Bertz CT molecular complexity index is 1100. The summed E-state index contributed by atoms with van der Waals surface area (Å²) in [6.45, 7) is 2.51. The Hall–Kier alpha value is -3.45. The molecule has 0 saturated heterocycles. The first-order valence-corrected chi connectivity index (χ1v) is 10.8. The molecular formula is C25H26N2O5. The maximum atomic E-state index is 11.5. The number of carbonyl (C=O) groups excluding carboxylic acids is 2. The van der Waals surface area contributed by atoms with Crippen molar-refractivity contribution in [2.45, 2.75) is 44.9 Å². The molecule has 2 N–H and O–H groups in total. The first-order chi connectivity index (χ1) is 15.6. The van der Waals surface area contributed by atoms with Gasteiger partial charge in [0.15, 0.2) is 0 Å². The van der Waals surface area contributed by atoms with Crippen LogP contribution in [0.1, 0.15) is 58.6 Å². The van der Waals surface area contributed by atoms with Gasteiger partial charge in [-0.25, -0.2) is 4.98 Å². The van der Waals surface area contributed by atoms with Crippen LogP contribution >= 0.6 is 0 Å². The second kappa shape index (κ2) is 9.78. The zero-order valence-corrected chi connectivity index (χ0v) is 18.0. The number of hydrogen-bond acceptors (Lipinski definition) is 7. The molecule has 0 bridgehead atoms. The normalized spacial score (nSPS) is 14.8. The average molecular weight is 434 g/mol. The van der Waals surface area contributed by atoms with Gasteiger partial charge >= 0.3 is 5.97 Å². The third-order valence-electron chi connectivity index (χ3n) is 5.86. The van der Waals surface area contributed by atoms with E-state index < -0.39 is 0 Å². The second-order valence-corrected chi connectivity index (χ2v) is 7.87. The molecule has 7 heteroatoms. The summed E-state index contributed by atoms with van der Waals surface area (Å²) in [4.78, 5) is 31.3. The number of nitrogens with zero attached hydrogens (tertiary/aromatic N) is 1. The highest BCUT2D eigenvalue weighted by molar-refractivity contribution is 5.76. The predicted octanol–water partition coefficient (Wildman–Crippen LogP) is 4.17. The van der Waals surface area contributed by atoms with E-state index in [-0.39, 0.29) is 11.9 Å². The zero-order chi connectivity index (χ0) is 22.5. The quantitative estimate of drug-likeness (QED) is 0.398. The third-order valence-corrected chi connectivity index (χ3v) is 5.86. The smallest absolute Gasteiger partial charge is 0.325 e. The summed E-state index contributed by atoms with van der Waals surface area (Å²) >= 11 is 0. The molecular weight excluding hydrogens is 408 g/mol. The van der Waals surface area contributed by atoms with Crippen molar-refractivity contribution in [2.75, 3.05) is 6.61 Å². The fourth-order valence-corrected chi connectivity index (χ4v) is 4.18. The van der Waals surface area contributed by atoms with Crippen molar-refractivity contribution in [3.8, 4) is 17.2 Å². The van der Waals surface area contributed by atoms with Crippen LogP contribution in [-0.4, -0.2) is 23.8 Å². The van der Waals surface area contributed by atoms with E-state index in [1.165, 1.54) is 5.56 Å². The first-order valence-electron chi connectivity index (χ1n) is 10.8. The van der Waals surface area contributed by atoms with E-state index in [1.54, 1.807) is 12.1 Å². The van der Waals surface area contributed by atoms with Crippen molar-refractivity contribution < 1.29 is 23.6 Å². The summed E-state index contributed by atoms with van der Waals surface area (Å²) < 4.78 is 11.9. The summed E-state index contributed by atoms with van der Waals surface area (Å²) in [5.41, 5.74) is 4.70. The molecule has 0 spiro atoms. The van der Waals surface area contributed by atoms with Crippen molar-refractivity contribution in [1.29, 1.82) is 0 Å². The van der Waals surface area contributed by atoms with Crippen molar-refractivity contribution in [2.24, 2.45) is 5.90 Å². The molecule has 1 aliphatic rings. The van der Waals surface area contributed by atoms with Crippen LogP contribution < -0.4 is 10.6 Å². The van der Waals surface area contributed by atoms with Gasteiger partial charge < -0.3 is 14.0 Å². The van der Waals surface area contributed by atoms with E-state index in [1.807, 2.05) is 37.3 Å². The highest BCUT2D eigenvalue weighted by atomic mass is 16.7. The second-order valence-electron chi connectivity index (χ2n) is 7.87. The number of ether oxygens (including phenoxy) is 1. The van der Waals surface area contributed by atoms with E-state index >= 15 is 0 Å². The van der Waals surface area contributed by atoms with Crippen LogP contribution in [-0.2, 0) is 28.9 Å². The molecule has 32 heavy (non-hydrogen) atoms. The number of carbonyl (C=O) groups is 2. The van der Waals surface area contributed by atoms with E-state index in [0.29, 0.717) is 30.9 Å². The maximum Gasteiger partial charge on any atom is 0.325 e. The van der Waals surface area contributed by atoms with Crippen LogP contribution in [0.2, 0.25) is 0 Å². The Balaban J connectivity index is 1.39. The topological polar surface area (TPSA) is 105 Å². The Labute approximate surface area is 186 Å². The van der Waals surface area contributed by atoms with Gasteiger partial charge in [0.2, 0.25) is 5.89 Å². The largest absolute Gasteiger partial charge is 0.493 e. The van der Waals surface area contributed by atoms with E-state index in [0.717, 1.165) is 53.9 Å². The molecule has 1 aromatic heterocycles. The van der Waals surface area contributed by atoms with Gasteiger partial charge in [0.05, 0.1) is 18.7 Å². The molecule has 1 aliphatic carbocycles. The number of aromatic nitrogens is 1. The number of fused-ring (bicyclic) bond motifs is 1. The minimum atomic E-state index is -0.387. The Morgan fingerprint density at radius 2 is 2.06 bits per heavy atom. The lowest BCUT2D eigenvalue weighted by molar-refractivity contribution is -0.144. The summed E-state index contributed by atoms with van der Waals surface area (Å²) in [6.07, 6.45) is 4.29. The van der Waals surface area contributed by atoms with Gasteiger partial charge in [0, 0.05) is 24.0 Å². The number of aryl methyl sites for hydroxylation is 2. The molecule has 1 atom stereocenters. The maximum absolute atomic E-state index is 11.5. The number of oxazole rings is 1. The molecule has 0 fully saturated rings. The van der Waals surface area contributed by atoms with Crippen LogP contribution in [0.5, 0.6) is 5.75 Å². The summed E-state index contributed by atoms with van der Waals surface area (Å²) in [7, 11) is 0. The Kier molecular flexibility index (Phi) is 6.66. The molecule has 0 amide bonds. The van der Waals surface area contributed by atoms with Crippen molar-refractivity contribution in [1.82, 2.24) is 4.98 Å². The molecule has 2 aromatic carbocycles. The van der Waals surface area contributed by atoms with Gasteiger partial charge in [-0.3, -0.25) is 9.59 Å². The molecule has 0 aliphatic heterocycles. The molecule has 3 aromatic rings. The number of benzene rings is 2. The Morgan fingerprint density at radius 3 is 2.78 bits per heavy atom. The molecule has 1 heterocycles. The fourth-order valence-electron chi connectivity index (χ4n) is 4.18. The van der Waals surface area contributed by atoms with Crippen LogP contribution in [0.15, 0.2) is 46.9 Å². The number of nitrogens with two attached hydrogens (primary N) is 1. The SMILES string of the molecule is CCc1oc(-c2ccc(C=O)cc2)nc1CCOc1ccc2c(c1)CC[C@H]2CC(=O)ON. The molecule has 166 valence electrons. The molecule has 0 unspecified atom stereocenters. The average Bonchev–Trinajstić information content (AvgIpc) is 3.42. The van der Waals surface area contributed by atoms with Gasteiger partial charge in [-0.2, -0.15) is 5.90 Å². The fraction of sp³-hybridized carbons (Fsp3) is 0.320. The van der Waals surface area contributed by atoms with Gasteiger partial charge in [-0.05, 0) is 54.2 Å². The predicted molar refractivity (Wildman–Crippen MR) is 118 cm³/mol. The van der Waals surface area contributed by atoms with Crippen molar-refractivity contribution in [3.63, 3.8) is 0 Å². The van der Waals surface area contributed by atoms with Crippen LogP contribution in [0, 0.1) is 0 Å². The zero-order valence-electron chi connectivity index (χ0n) is 18.0. The number of aldehydes is 1. The molecule has 0 radical (unpaired) electrons. The lowest BCUT2D eigenvalue weighted by atomic mass is 9.98. The summed E-state index contributed by atoms with van der Waals surface area (Å²) in [5, 5.41) is 0. The molecule has 7 nitrogen and oxygen atoms in total. The summed E-state index contributed by atoms with van der Waals surface area (Å²) in [6, 6.07) is 13.2. The highest BCUT2D eigenvalue weighted by Gasteiger charge is 2.25. The monoisotopic (exact) mass is 434 g/mol. The number of hydrogen-bond donors (Lipinski definition) is 1. The first kappa shape index (κ1) is 21.8. The highest BCUT2D eigenvalue weighted by Crippen LogP contribution is 2.37. The van der Waals surface area contributed by atoms with Crippen LogP contribution in [0.4, 0.5) is 0 Å². The van der Waals surface area contributed by atoms with Crippen molar-refractivity contribution in [3.05, 3.63) is 70.6 Å². The van der Waals surface area contributed by atoms with Crippen molar-refractivity contribution >= 4 is 12.3 Å². The Morgan fingerprint density at radius 1 is 1.25 bits per heavy atom. The minimum absolute atomic E-state index is 0.149. The molecule has 0 saturated carbocycles. The van der Waals surface area contributed by atoms with Gasteiger partial charge in [0.1, 0.15) is 17.8 Å². The number of rotatable bonds is 9. The lowest BCUT2D eigenvalue weighted by Gasteiger charge is -2.11. The minimum Gasteiger partial charge on any atom is -0.493 e. The standard InChI is InChI=1S/C25H26N2O5/c1-2-23-22(27-25(31-23)17-5-3-16(15-28)4-6-17)11-12-30-20-9-10-21-18(13-20)7-8-19(21)14-24(29)32-26/h3-6,9-10,13,15,19H,2,7-8,11-12,14,26H2,1H3/t19-/m0/s1. The van der Waals surface area contributed by atoms with Gasteiger partial charge in [-0.1, -0.05) is 25.1 Å². The summed E-state index contributed by atoms with van der Waals surface area (Å²) in [5.74, 6) is 6.92. The van der Waals surface area contributed by atoms with E-state index in [4.69, 9.17) is 15.1 Å². The van der Waals surface area contributed by atoms with Crippen LogP contribution in [0.25, 0.3) is 11.5 Å². The van der Waals surface area contributed by atoms with Crippen LogP contribution in [0.3, 0.4) is 0 Å². The van der Waals surface area contributed by atoms with E-state index in [9.17, 15) is 9.59 Å². The van der Waals surface area contributed by atoms with Gasteiger partial charge in [0.25, 0.3) is 0 Å². The lowest BCUT2D eigenvalue weighted by Crippen LogP contribution is -2.12. The third kappa shape index (κ3) is 4.73. The molecule has 4 rings (SSSR count). The van der Waals surface area contributed by atoms with E-state index in [2.05, 4.69) is 9.82 Å². The van der Waals surface area contributed by atoms with Gasteiger partial charge in [-0.15, -0.1) is 0 Å².